The molecule has 35 heavy (non-hydrogen) atoms. The fraction of sp³-hybridized carbons (Fsp3) is 0.926. The number of alkyl halides is 1. The quantitative estimate of drug-likeness (QED) is 0.509. The van der Waals surface area contributed by atoms with E-state index in [0.717, 1.165) is 64.3 Å². The number of hydrogen-bond acceptors (Lipinski definition) is 5. The largest absolute Gasteiger partial charge is 0.361 e. The summed E-state index contributed by atoms with van der Waals surface area (Å²) in [4.78, 5) is 28.9. The summed E-state index contributed by atoms with van der Waals surface area (Å²) in [5.41, 5.74) is 0. The van der Waals surface area contributed by atoms with E-state index in [2.05, 4.69) is 34.7 Å². The van der Waals surface area contributed by atoms with E-state index >= 15 is 0 Å². The molecule has 0 bridgehead atoms. The Morgan fingerprint density at radius 2 is 1.80 bits per heavy atom. The van der Waals surface area contributed by atoms with Crippen LogP contribution < -0.4 is 16.0 Å². The summed E-state index contributed by atoms with van der Waals surface area (Å²) >= 11 is 6.30. The van der Waals surface area contributed by atoms with Gasteiger partial charge in [-0.3, -0.25) is 14.9 Å². The van der Waals surface area contributed by atoms with Crippen molar-refractivity contribution in [3.05, 3.63) is 0 Å². The minimum atomic E-state index is -0.289. The highest BCUT2D eigenvalue weighted by atomic mass is 35.5. The molecule has 9 unspecified atom stereocenters. The van der Waals surface area contributed by atoms with E-state index < -0.39 is 0 Å². The molecule has 0 aromatic carbocycles. The summed E-state index contributed by atoms with van der Waals surface area (Å²) < 4.78 is 6.00. The van der Waals surface area contributed by atoms with Crippen LogP contribution in [0.25, 0.3) is 0 Å². The van der Waals surface area contributed by atoms with Crippen LogP contribution in [0, 0.1) is 29.6 Å². The van der Waals surface area contributed by atoms with E-state index in [9.17, 15) is 9.59 Å². The van der Waals surface area contributed by atoms with Gasteiger partial charge in [0.15, 0.2) is 0 Å². The maximum atomic E-state index is 13.5. The van der Waals surface area contributed by atoms with Crippen LogP contribution in [-0.2, 0) is 14.3 Å². The van der Waals surface area contributed by atoms with Crippen molar-refractivity contribution in [1.82, 2.24) is 20.9 Å². The van der Waals surface area contributed by atoms with Gasteiger partial charge in [-0.25, -0.2) is 0 Å². The molecule has 2 aliphatic carbocycles. The average molecular weight is 509 g/mol. The van der Waals surface area contributed by atoms with Gasteiger partial charge in [0, 0.05) is 43.0 Å². The number of amides is 2. The number of likely N-dealkylation sites (tertiary alicyclic amines) is 1. The highest BCUT2D eigenvalue weighted by Gasteiger charge is 2.48. The van der Waals surface area contributed by atoms with Crippen LogP contribution >= 0.6 is 11.6 Å². The Balaban J connectivity index is 1.20. The zero-order chi connectivity index (χ0) is 24.7. The maximum Gasteiger partial charge on any atom is 0.240 e. The van der Waals surface area contributed by atoms with Crippen LogP contribution in [0.15, 0.2) is 0 Å². The molecule has 3 saturated heterocycles. The van der Waals surface area contributed by atoms with Gasteiger partial charge in [-0.05, 0) is 88.4 Å². The van der Waals surface area contributed by atoms with E-state index in [1.807, 2.05) is 7.05 Å². The number of nitrogens with zero attached hydrogens (tertiary/aromatic N) is 1. The first-order chi connectivity index (χ1) is 16.8. The molecule has 3 aliphatic heterocycles. The maximum absolute atomic E-state index is 13.5. The Morgan fingerprint density at radius 3 is 2.57 bits per heavy atom. The second-order valence-electron chi connectivity index (χ2n) is 12.3. The molecule has 3 N–H and O–H groups in total. The van der Waals surface area contributed by atoms with Crippen LogP contribution in [0.1, 0.15) is 71.6 Å². The van der Waals surface area contributed by atoms with Gasteiger partial charge in [-0.15, -0.1) is 11.6 Å². The Morgan fingerprint density at radius 1 is 1.03 bits per heavy atom. The minimum Gasteiger partial charge on any atom is -0.361 e. The SMILES string of the molecule is CC1CC2C(CN1)CC(C1CC(NC(=O)C3NCOC3C3CCC(Cl)CC3)CCC1C)C(=O)N2C. The van der Waals surface area contributed by atoms with Gasteiger partial charge in [0.05, 0.1) is 12.8 Å². The summed E-state index contributed by atoms with van der Waals surface area (Å²) in [6.45, 7) is 5.96. The summed E-state index contributed by atoms with van der Waals surface area (Å²) in [6, 6.07) is 0.677. The van der Waals surface area contributed by atoms with Crippen molar-refractivity contribution in [3.8, 4) is 0 Å². The molecule has 5 rings (SSSR count). The van der Waals surface area contributed by atoms with Gasteiger partial charge in [0.25, 0.3) is 0 Å². The Hall–Kier alpha value is -0.890. The number of hydrogen-bond donors (Lipinski definition) is 3. The van der Waals surface area contributed by atoms with E-state index in [4.69, 9.17) is 16.3 Å². The third kappa shape index (κ3) is 5.39. The van der Waals surface area contributed by atoms with Crippen LogP contribution in [-0.4, -0.2) is 72.7 Å². The molecule has 0 spiro atoms. The van der Waals surface area contributed by atoms with E-state index in [1.165, 1.54) is 0 Å². The van der Waals surface area contributed by atoms with Crippen molar-refractivity contribution in [3.63, 3.8) is 0 Å². The second-order valence-corrected chi connectivity index (χ2v) is 12.9. The number of halogens is 1. The van der Waals surface area contributed by atoms with Crippen molar-refractivity contribution < 1.29 is 14.3 Å². The van der Waals surface area contributed by atoms with Gasteiger partial charge in [0.1, 0.15) is 6.04 Å². The lowest BCUT2D eigenvalue weighted by Crippen LogP contribution is -2.60. The fourth-order valence-corrected chi connectivity index (χ4v) is 8.15. The Labute approximate surface area is 215 Å². The summed E-state index contributed by atoms with van der Waals surface area (Å²) in [6.07, 6.45) is 8.96. The predicted octanol–water partition coefficient (Wildman–Crippen LogP) is 2.86. The fourth-order valence-electron chi connectivity index (χ4n) is 7.89. The molecular formula is C27H45ClN4O3. The van der Waals surface area contributed by atoms with Crippen molar-refractivity contribution in [2.24, 2.45) is 29.6 Å². The number of rotatable bonds is 4. The standard InChI is InChI=1S/C27H45ClN4O3/c1-15-4-9-20(31-26(33)24-25(35-14-30-24)17-5-7-19(28)8-6-17)12-21(15)22-11-18-13-29-16(2)10-23(18)32(3)27(22)34/h15-25,29-30H,4-14H2,1-3H3,(H,31,33). The zero-order valence-electron chi connectivity index (χ0n) is 21.7. The van der Waals surface area contributed by atoms with Gasteiger partial charge < -0.3 is 20.3 Å². The molecule has 0 aromatic heterocycles. The molecule has 3 heterocycles. The van der Waals surface area contributed by atoms with Crippen molar-refractivity contribution in [2.45, 2.75) is 107 Å². The lowest BCUT2D eigenvalue weighted by Gasteiger charge is -2.50. The molecular weight excluding hydrogens is 464 g/mol. The number of ether oxygens (including phenoxy) is 1. The molecule has 5 fully saturated rings. The average Bonchev–Trinajstić information content (AvgIpc) is 3.34. The van der Waals surface area contributed by atoms with Gasteiger partial charge in [-0.2, -0.15) is 0 Å². The summed E-state index contributed by atoms with van der Waals surface area (Å²) in [5.74, 6) is 2.21. The van der Waals surface area contributed by atoms with Gasteiger partial charge in [0.2, 0.25) is 11.8 Å². The smallest absolute Gasteiger partial charge is 0.240 e. The van der Waals surface area contributed by atoms with E-state index in [0.29, 0.717) is 48.4 Å². The van der Waals surface area contributed by atoms with Crippen molar-refractivity contribution in [2.75, 3.05) is 20.3 Å². The molecule has 5 aliphatic rings. The molecule has 198 valence electrons. The molecule has 0 aromatic rings. The predicted molar refractivity (Wildman–Crippen MR) is 137 cm³/mol. The number of nitrogens with one attached hydrogen (secondary N) is 3. The normalized spacial score (nSPS) is 46.8. The minimum absolute atomic E-state index is 0.0656. The summed E-state index contributed by atoms with van der Waals surface area (Å²) in [7, 11) is 2.01. The third-order valence-electron chi connectivity index (χ3n) is 10.1. The molecule has 2 amide bonds. The highest BCUT2D eigenvalue weighted by Crippen LogP contribution is 2.43. The zero-order valence-corrected chi connectivity index (χ0v) is 22.4. The Kier molecular flexibility index (Phi) is 7.98. The molecule has 2 saturated carbocycles. The monoisotopic (exact) mass is 508 g/mol. The molecule has 9 atom stereocenters. The van der Waals surface area contributed by atoms with E-state index in [1.54, 1.807) is 0 Å². The first-order valence-electron chi connectivity index (χ1n) is 14.1. The lowest BCUT2D eigenvalue weighted by molar-refractivity contribution is -0.148. The number of carbonyl (C=O) groups is 2. The first kappa shape index (κ1) is 25.7. The first-order valence-corrected chi connectivity index (χ1v) is 14.5. The molecule has 7 nitrogen and oxygen atoms in total. The number of fused-ring (bicyclic) bond motifs is 1. The second kappa shape index (κ2) is 10.8. The highest BCUT2D eigenvalue weighted by molar-refractivity contribution is 6.20. The molecule has 0 radical (unpaired) electrons. The number of piperidine rings is 2. The van der Waals surface area contributed by atoms with Gasteiger partial charge >= 0.3 is 0 Å². The van der Waals surface area contributed by atoms with Crippen LogP contribution in [0.4, 0.5) is 0 Å². The van der Waals surface area contributed by atoms with Crippen molar-refractivity contribution >= 4 is 23.4 Å². The molecule has 8 heteroatoms. The summed E-state index contributed by atoms with van der Waals surface area (Å²) in [5, 5.41) is 10.6. The van der Waals surface area contributed by atoms with Gasteiger partial charge in [-0.1, -0.05) is 6.92 Å². The van der Waals surface area contributed by atoms with Crippen LogP contribution in [0.5, 0.6) is 0 Å². The Bertz CT molecular complexity index is 776. The topological polar surface area (TPSA) is 82.7 Å². The van der Waals surface area contributed by atoms with Crippen LogP contribution in [0.2, 0.25) is 0 Å². The lowest BCUT2D eigenvalue weighted by atomic mass is 9.65. The van der Waals surface area contributed by atoms with Crippen molar-refractivity contribution in [1.29, 1.82) is 0 Å². The van der Waals surface area contributed by atoms with Crippen LogP contribution in [0.3, 0.4) is 0 Å². The van der Waals surface area contributed by atoms with E-state index in [-0.39, 0.29) is 35.4 Å². The number of carbonyl (C=O) groups excluding carboxylic acids is 2. The third-order valence-corrected chi connectivity index (χ3v) is 10.5.